The zero-order valence-electron chi connectivity index (χ0n) is 11.9. The number of anilines is 1. The molecule has 0 bridgehead atoms. The van der Waals surface area contributed by atoms with Crippen LogP contribution in [-0.4, -0.2) is 10.9 Å². The summed E-state index contributed by atoms with van der Waals surface area (Å²) in [7, 11) is 0. The van der Waals surface area contributed by atoms with Gasteiger partial charge in [-0.1, -0.05) is 18.2 Å². The normalized spacial score (nSPS) is 10.3. The van der Waals surface area contributed by atoms with E-state index in [2.05, 4.69) is 15.7 Å². The van der Waals surface area contributed by atoms with Crippen molar-refractivity contribution in [3.05, 3.63) is 58.5 Å². The smallest absolute Gasteiger partial charge is 0.270 e. The van der Waals surface area contributed by atoms with Crippen molar-refractivity contribution in [3.63, 3.8) is 0 Å². The highest BCUT2D eigenvalue weighted by molar-refractivity contribution is 5.92. The van der Waals surface area contributed by atoms with Gasteiger partial charge in [-0.25, -0.2) is 15.2 Å². The summed E-state index contributed by atoms with van der Waals surface area (Å²) < 4.78 is 13.5. The predicted molar refractivity (Wildman–Crippen MR) is 79.1 cm³/mol. The van der Waals surface area contributed by atoms with E-state index in [1.165, 1.54) is 0 Å². The van der Waals surface area contributed by atoms with E-state index in [0.29, 0.717) is 23.5 Å². The molecule has 2 rings (SSSR count). The van der Waals surface area contributed by atoms with E-state index in [9.17, 15) is 9.18 Å². The molecule has 0 aliphatic heterocycles. The van der Waals surface area contributed by atoms with Crippen LogP contribution in [0.25, 0.3) is 0 Å². The molecule has 1 aromatic carbocycles. The van der Waals surface area contributed by atoms with Crippen LogP contribution in [0.4, 0.5) is 10.2 Å². The standard InChI is InChI=1S/C15H17FN4O/c1-9-6-11(7-10(2)14(9)16)8-18-15(21)12-4-3-5-13(19-12)20-17/h3-7H,8,17H2,1-2H3,(H,18,21)(H,19,20). The third kappa shape index (κ3) is 3.55. The first-order chi connectivity index (χ1) is 10.0. The Morgan fingerprint density at radius 1 is 1.29 bits per heavy atom. The molecule has 5 nitrogen and oxygen atoms in total. The number of aromatic nitrogens is 1. The van der Waals surface area contributed by atoms with Gasteiger partial charge in [0.05, 0.1) is 0 Å². The summed E-state index contributed by atoms with van der Waals surface area (Å²) in [4.78, 5) is 16.1. The summed E-state index contributed by atoms with van der Waals surface area (Å²) in [6.45, 7) is 3.71. The molecular weight excluding hydrogens is 271 g/mol. The van der Waals surface area contributed by atoms with Crippen LogP contribution >= 0.6 is 0 Å². The fourth-order valence-corrected chi connectivity index (χ4v) is 2.05. The van der Waals surface area contributed by atoms with Gasteiger partial charge in [-0.3, -0.25) is 4.79 Å². The van der Waals surface area contributed by atoms with Crippen LogP contribution in [0.1, 0.15) is 27.2 Å². The number of nitrogens with zero attached hydrogens (tertiary/aromatic N) is 1. The molecule has 21 heavy (non-hydrogen) atoms. The molecule has 110 valence electrons. The first-order valence-electron chi connectivity index (χ1n) is 6.48. The van der Waals surface area contributed by atoms with E-state index in [1.807, 2.05) is 0 Å². The summed E-state index contributed by atoms with van der Waals surface area (Å²) in [5, 5.41) is 2.75. The molecule has 1 aromatic heterocycles. The molecule has 1 amide bonds. The highest BCUT2D eigenvalue weighted by Crippen LogP contribution is 2.14. The maximum atomic E-state index is 13.5. The van der Waals surface area contributed by atoms with Crippen LogP contribution in [0.2, 0.25) is 0 Å². The van der Waals surface area contributed by atoms with Crippen LogP contribution in [0.5, 0.6) is 0 Å². The third-order valence-electron chi connectivity index (χ3n) is 3.08. The summed E-state index contributed by atoms with van der Waals surface area (Å²) in [6, 6.07) is 8.37. The number of carbonyl (C=O) groups is 1. The van der Waals surface area contributed by atoms with Gasteiger partial charge >= 0.3 is 0 Å². The molecule has 0 spiro atoms. The Labute approximate surface area is 122 Å². The second-order valence-electron chi connectivity index (χ2n) is 4.78. The lowest BCUT2D eigenvalue weighted by Crippen LogP contribution is -2.24. The van der Waals surface area contributed by atoms with Crippen molar-refractivity contribution in [2.75, 3.05) is 5.43 Å². The van der Waals surface area contributed by atoms with Crippen molar-refractivity contribution >= 4 is 11.7 Å². The second kappa shape index (κ2) is 6.32. The molecule has 4 N–H and O–H groups in total. The van der Waals surface area contributed by atoms with Crippen molar-refractivity contribution in [2.45, 2.75) is 20.4 Å². The number of halogens is 1. The van der Waals surface area contributed by atoms with E-state index < -0.39 is 0 Å². The van der Waals surface area contributed by atoms with Gasteiger partial charge in [0.15, 0.2) is 0 Å². The number of nitrogens with two attached hydrogens (primary N) is 1. The number of carbonyl (C=O) groups excluding carboxylic acids is 1. The Morgan fingerprint density at radius 2 is 1.95 bits per heavy atom. The summed E-state index contributed by atoms with van der Waals surface area (Å²) in [5.41, 5.74) is 4.61. The van der Waals surface area contributed by atoms with Crippen molar-refractivity contribution in [3.8, 4) is 0 Å². The lowest BCUT2D eigenvalue weighted by atomic mass is 10.1. The summed E-state index contributed by atoms with van der Waals surface area (Å²) >= 11 is 0. The minimum absolute atomic E-state index is 0.214. The molecule has 0 fully saturated rings. The zero-order chi connectivity index (χ0) is 15.4. The van der Waals surface area contributed by atoms with Crippen LogP contribution in [0.15, 0.2) is 30.3 Å². The largest absolute Gasteiger partial charge is 0.347 e. The number of aryl methyl sites for hydroxylation is 2. The topological polar surface area (TPSA) is 80.0 Å². The van der Waals surface area contributed by atoms with Gasteiger partial charge in [0.1, 0.15) is 17.3 Å². The number of hydrazine groups is 1. The van der Waals surface area contributed by atoms with E-state index in [4.69, 9.17) is 5.84 Å². The van der Waals surface area contributed by atoms with Crippen molar-refractivity contribution < 1.29 is 9.18 Å². The Hall–Kier alpha value is -2.47. The fraction of sp³-hybridized carbons (Fsp3) is 0.200. The molecule has 0 aliphatic rings. The SMILES string of the molecule is Cc1cc(CNC(=O)c2cccc(NN)n2)cc(C)c1F. The molecule has 0 atom stereocenters. The van der Waals surface area contributed by atoms with Crippen molar-refractivity contribution in [1.29, 1.82) is 0 Å². The van der Waals surface area contributed by atoms with Crippen molar-refractivity contribution in [2.24, 2.45) is 5.84 Å². The minimum atomic E-state index is -0.313. The van der Waals surface area contributed by atoms with Gasteiger partial charge < -0.3 is 10.7 Å². The number of benzene rings is 1. The molecule has 2 aromatic rings. The Kier molecular flexibility index (Phi) is 4.49. The summed E-state index contributed by atoms with van der Waals surface area (Å²) in [6.07, 6.45) is 0. The van der Waals surface area contributed by atoms with Gasteiger partial charge in [-0.2, -0.15) is 0 Å². The third-order valence-corrected chi connectivity index (χ3v) is 3.08. The Balaban J connectivity index is 2.07. The van der Waals surface area contributed by atoms with Crippen LogP contribution in [0.3, 0.4) is 0 Å². The number of nitrogens with one attached hydrogen (secondary N) is 2. The highest BCUT2D eigenvalue weighted by atomic mass is 19.1. The lowest BCUT2D eigenvalue weighted by Gasteiger charge is -2.09. The maximum Gasteiger partial charge on any atom is 0.270 e. The maximum absolute atomic E-state index is 13.5. The van der Waals surface area contributed by atoms with Gasteiger partial charge in [-0.15, -0.1) is 0 Å². The number of amides is 1. The molecular formula is C15H17FN4O. The molecule has 0 saturated heterocycles. The van der Waals surface area contributed by atoms with E-state index in [-0.39, 0.29) is 17.4 Å². The van der Waals surface area contributed by atoms with Crippen LogP contribution in [-0.2, 0) is 6.54 Å². The van der Waals surface area contributed by atoms with Gasteiger partial charge in [-0.05, 0) is 42.7 Å². The molecule has 0 saturated carbocycles. The van der Waals surface area contributed by atoms with Crippen LogP contribution in [0, 0.1) is 19.7 Å². The Morgan fingerprint density at radius 3 is 2.57 bits per heavy atom. The average molecular weight is 288 g/mol. The highest BCUT2D eigenvalue weighted by Gasteiger charge is 2.09. The lowest BCUT2D eigenvalue weighted by molar-refractivity contribution is 0.0946. The fourth-order valence-electron chi connectivity index (χ4n) is 2.05. The first-order valence-corrected chi connectivity index (χ1v) is 6.48. The second-order valence-corrected chi connectivity index (χ2v) is 4.78. The average Bonchev–Trinajstić information content (AvgIpc) is 2.50. The summed E-state index contributed by atoms with van der Waals surface area (Å²) in [5.74, 6) is 5.14. The number of nitrogen functional groups attached to an aromatic ring is 1. The molecule has 1 heterocycles. The predicted octanol–water partition coefficient (Wildman–Crippen LogP) is 2.05. The quantitative estimate of drug-likeness (QED) is 0.594. The molecule has 0 aliphatic carbocycles. The number of hydrogen-bond donors (Lipinski definition) is 3. The van der Waals surface area contributed by atoms with Gasteiger partial charge in [0.2, 0.25) is 0 Å². The molecule has 0 radical (unpaired) electrons. The van der Waals surface area contributed by atoms with E-state index >= 15 is 0 Å². The zero-order valence-corrected chi connectivity index (χ0v) is 11.9. The molecule has 6 heteroatoms. The number of pyridine rings is 1. The van der Waals surface area contributed by atoms with Crippen LogP contribution < -0.4 is 16.6 Å². The van der Waals surface area contributed by atoms with E-state index in [0.717, 1.165) is 5.56 Å². The number of rotatable bonds is 4. The van der Waals surface area contributed by atoms with Gasteiger partial charge in [0.25, 0.3) is 5.91 Å². The first kappa shape index (κ1) is 14.9. The van der Waals surface area contributed by atoms with Crippen molar-refractivity contribution in [1.82, 2.24) is 10.3 Å². The van der Waals surface area contributed by atoms with E-state index in [1.54, 1.807) is 44.2 Å². The number of hydrogen-bond acceptors (Lipinski definition) is 4. The molecule has 0 unspecified atom stereocenters. The monoisotopic (exact) mass is 288 g/mol. The van der Waals surface area contributed by atoms with Gasteiger partial charge in [0, 0.05) is 6.54 Å². The minimum Gasteiger partial charge on any atom is -0.347 e. The Bertz CT molecular complexity index is 649.